The Labute approximate surface area is 134 Å². The normalized spacial score (nSPS) is 23.0. The lowest BCUT2D eigenvalue weighted by molar-refractivity contribution is -0.149. The van der Waals surface area contributed by atoms with Crippen LogP contribution in [0.1, 0.15) is 20.3 Å². The van der Waals surface area contributed by atoms with Crippen molar-refractivity contribution >= 4 is 23.5 Å². The number of aliphatic carboxylic acids is 1. The molecule has 3 unspecified atom stereocenters. The number of carboxylic acid groups (broad SMARTS) is 1. The number of amides is 1. The number of ether oxygens (including phenoxy) is 1. The lowest BCUT2D eigenvalue weighted by atomic mass is 9.90. The van der Waals surface area contributed by atoms with Crippen molar-refractivity contribution in [3.8, 4) is 5.75 Å². The van der Waals surface area contributed by atoms with Gasteiger partial charge >= 0.3 is 5.97 Å². The number of benzene rings is 1. The average Bonchev–Trinajstić information content (AvgIpc) is 2.45. The summed E-state index contributed by atoms with van der Waals surface area (Å²) in [5.74, 6) is -0.873. The van der Waals surface area contributed by atoms with E-state index in [4.69, 9.17) is 16.3 Å². The summed E-state index contributed by atoms with van der Waals surface area (Å²) >= 11 is 5.89. The van der Waals surface area contributed by atoms with Gasteiger partial charge in [0.05, 0.1) is 5.92 Å². The summed E-state index contributed by atoms with van der Waals surface area (Å²) in [5.41, 5.74) is 0. The summed E-state index contributed by atoms with van der Waals surface area (Å²) in [4.78, 5) is 25.2. The minimum absolute atomic E-state index is 0.164. The van der Waals surface area contributed by atoms with Gasteiger partial charge < -0.3 is 14.7 Å². The molecule has 1 aliphatic heterocycles. The zero-order chi connectivity index (χ0) is 16.3. The van der Waals surface area contributed by atoms with E-state index >= 15 is 0 Å². The molecule has 120 valence electrons. The summed E-state index contributed by atoms with van der Waals surface area (Å²) in [7, 11) is 0. The second kappa shape index (κ2) is 7.01. The zero-order valence-electron chi connectivity index (χ0n) is 12.7. The van der Waals surface area contributed by atoms with E-state index in [1.54, 1.807) is 36.1 Å². The summed E-state index contributed by atoms with van der Waals surface area (Å²) in [6.07, 6.45) is -0.0824. The second-order valence-electron chi connectivity index (χ2n) is 5.84. The minimum atomic E-state index is -0.854. The molecule has 1 saturated heterocycles. The number of likely N-dealkylation sites (tertiary alicyclic amines) is 1. The SMILES string of the molecule is CC1CC(C(=O)O)CN(C(=O)C(C)Oc2cccc(Cl)c2)C1. The Morgan fingerprint density at radius 1 is 1.41 bits per heavy atom. The van der Waals surface area contributed by atoms with Crippen molar-refractivity contribution < 1.29 is 19.4 Å². The molecule has 22 heavy (non-hydrogen) atoms. The Kier molecular flexibility index (Phi) is 5.29. The molecular weight excluding hydrogens is 306 g/mol. The number of hydrogen-bond donors (Lipinski definition) is 1. The Hall–Kier alpha value is -1.75. The Morgan fingerprint density at radius 3 is 2.77 bits per heavy atom. The van der Waals surface area contributed by atoms with Crippen LogP contribution in [0.25, 0.3) is 0 Å². The number of carbonyl (C=O) groups excluding carboxylic acids is 1. The number of hydrogen-bond acceptors (Lipinski definition) is 3. The lowest BCUT2D eigenvalue weighted by Gasteiger charge is -2.36. The molecule has 0 aliphatic carbocycles. The van der Waals surface area contributed by atoms with Crippen molar-refractivity contribution in [2.45, 2.75) is 26.4 Å². The largest absolute Gasteiger partial charge is 0.481 e. The maximum Gasteiger partial charge on any atom is 0.308 e. The molecule has 0 spiro atoms. The maximum atomic E-state index is 12.5. The van der Waals surface area contributed by atoms with Gasteiger partial charge in [-0.25, -0.2) is 0 Å². The first-order valence-electron chi connectivity index (χ1n) is 7.30. The summed E-state index contributed by atoms with van der Waals surface area (Å²) in [6.45, 7) is 4.42. The number of rotatable bonds is 4. The first-order valence-corrected chi connectivity index (χ1v) is 7.68. The van der Waals surface area contributed by atoms with E-state index in [-0.39, 0.29) is 18.4 Å². The monoisotopic (exact) mass is 325 g/mol. The first kappa shape index (κ1) is 16.6. The highest BCUT2D eigenvalue weighted by Gasteiger charge is 2.34. The van der Waals surface area contributed by atoms with Crippen molar-refractivity contribution in [2.75, 3.05) is 13.1 Å². The molecule has 1 amide bonds. The fraction of sp³-hybridized carbons (Fsp3) is 0.500. The number of carbonyl (C=O) groups is 2. The van der Waals surface area contributed by atoms with E-state index < -0.39 is 18.0 Å². The fourth-order valence-electron chi connectivity index (χ4n) is 2.76. The fourth-order valence-corrected chi connectivity index (χ4v) is 2.94. The molecule has 1 aromatic carbocycles. The summed E-state index contributed by atoms with van der Waals surface area (Å²) in [5, 5.41) is 9.71. The molecule has 3 atom stereocenters. The van der Waals surface area contributed by atoms with Gasteiger partial charge in [-0.3, -0.25) is 9.59 Å². The van der Waals surface area contributed by atoms with Gasteiger partial charge in [0.2, 0.25) is 0 Å². The van der Waals surface area contributed by atoms with Gasteiger partial charge in [0.15, 0.2) is 6.10 Å². The van der Waals surface area contributed by atoms with Crippen LogP contribution < -0.4 is 4.74 Å². The number of piperidine rings is 1. The van der Waals surface area contributed by atoms with Gasteiger partial charge in [0.1, 0.15) is 5.75 Å². The molecule has 1 aliphatic rings. The van der Waals surface area contributed by atoms with Crippen LogP contribution in [0.15, 0.2) is 24.3 Å². The lowest BCUT2D eigenvalue weighted by Crippen LogP contribution is -2.49. The Morgan fingerprint density at radius 2 is 2.14 bits per heavy atom. The number of halogens is 1. The molecule has 5 nitrogen and oxygen atoms in total. The molecule has 0 radical (unpaired) electrons. The van der Waals surface area contributed by atoms with Gasteiger partial charge in [0, 0.05) is 18.1 Å². The van der Waals surface area contributed by atoms with Crippen LogP contribution in [0.4, 0.5) is 0 Å². The topological polar surface area (TPSA) is 66.8 Å². The smallest absolute Gasteiger partial charge is 0.308 e. The van der Waals surface area contributed by atoms with Gasteiger partial charge in [0.25, 0.3) is 5.91 Å². The van der Waals surface area contributed by atoms with Crippen molar-refractivity contribution in [3.05, 3.63) is 29.3 Å². The molecule has 6 heteroatoms. The molecule has 0 bridgehead atoms. The standard InChI is InChI=1S/C16H20ClNO4/c1-10-6-12(16(20)21)9-18(8-10)15(19)11(2)22-14-5-3-4-13(17)7-14/h3-5,7,10-12H,6,8-9H2,1-2H3,(H,20,21). The first-order chi connectivity index (χ1) is 10.4. The molecule has 1 N–H and O–H groups in total. The van der Waals surface area contributed by atoms with Crippen molar-refractivity contribution in [2.24, 2.45) is 11.8 Å². The van der Waals surface area contributed by atoms with E-state index in [1.165, 1.54) is 0 Å². The summed E-state index contributed by atoms with van der Waals surface area (Å²) in [6, 6.07) is 6.85. The predicted octanol–water partition coefficient (Wildman–Crippen LogP) is 2.68. The number of carboxylic acids is 1. The van der Waals surface area contributed by atoms with Crippen LogP contribution in [0, 0.1) is 11.8 Å². The third-order valence-electron chi connectivity index (χ3n) is 3.78. The van der Waals surface area contributed by atoms with Crippen molar-refractivity contribution in [3.63, 3.8) is 0 Å². The van der Waals surface area contributed by atoms with Gasteiger partial charge in [-0.1, -0.05) is 24.6 Å². The van der Waals surface area contributed by atoms with E-state index in [0.717, 1.165) is 0 Å². The third-order valence-corrected chi connectivity index (χ3v) is 4.01. The highest BCUT2D eigenvalue weighted by molar-refractivity contribution is 6.30. The van der Waals surface area contributed by atoms with Crippen molar-refractivity contribution in [1.29, 1.82) is 0 Å². The third kappa shape index (κ3) is 4.13. The van der Waals surface area contributed by atoms with Crippen LogP contribution in [0.5, 0.6) is 5.75 Å². The predicted molar refractivity (Wildman–Crippen MR) is 83.0 cm³/mol. The highest BCUT2D eigenvalue weighted by Crippen LogP contribution is 2.24. The van der Waals surface area contributed by atoms with Crippen LogP contribution in [-0.2, 0) is 9.59 Å². The molecule has 0 saturated carbocycles. The zero-order valence-corrected chi connectivity index (χ0v) is 13.4. The van der Waals surface area contributed by atoms with Crippen LogP contribution >= 0.6 is 11.6 Å². The maximum absolute atomic E-state index is 12.5. The molecule has 2 rings (SSSR count). The van der Waals surface area contributed by atoms with E-state index in [0.29, 0.717) is 23.7 Å². The minimum Gasteiger partial charge on any atom is -0.481 e. The van der Waals surface area contributed by atoms with E-state index in [1.807, 2.05) is 6.92 Å². The van der Waals surface area contributed by atoms with Gasteiger partial charge in [-0.15, -0.1) is 0 Å². The highest BCUT2D eigenvalue weighted by atomic mass is 35.5. The summed E-state index contributed by atoms with van der Waals surface area (Å²) < 4.78 is 5.62. The average molecular weight is 326 g/mol. The van der Waals surface area contributed by atoms with Crippen LogP contribution in [-0.4, -0.2) is 41.1 Å². The molecule has 1 aromatic rings. The van der Waals surface area contributed by atoms with Gasteiger partial charge in [-0.05, 0) is 37.5 Å². The van der Waals surface area contributed by atoms with E-state index in [2.05, 4.69) is 0 Å². The quantitative estimate of drug-likeness (QED) is 0.924. The van der Waals surface area contributed by atoms with Crippen LogP contribution in [0.3, 0.4) is 0 Å². The molecule has 1 fully saturated rings. The van der Waals surface area contributed by atoms with Crippen LogP contribution in [0.2, 0.25) is 5.02 Å². The molecule has 1 heterocycles. The number of nitrogens with zero attached hydrogens (tertiary/aromatic N) is 1. The Balaban J connectivity index is 2.01. The molecule has 0 aromatic heterocycles. The Bertz CT molecular complexity index is 563. The van der Waals surface area contributed by atoms with Gasteiger partial charge in [-0.2, -0.15) is 0 Å². The van der Waals surface area contributed by atoms with Crippen molar-refractivity contribution in [1.82, 2.24) is 4.90 Å². The second-order valence-corrected chi connectivity index (χ2v) is 6.27. The van der Waals surface area contributed by atoms with E-state index in [9.17, 15) is 14.7 Å². The molecular formula is C16H20ClNO4.